The summed E-state index contributed by atoms with van der Waals surface area (Å²) in [5.41, 5.74) is 1.66. The van der Waals surface area contributed by atoms with E-state index in [4.69, 9.17) is 14.6 Å². The zero-order valence-corrected chi connectivity index (χ0v) is 18.0. The second kappa shape index (κ2) is 11.7. The number of rotatable bonds is 11. The Morgan fingerprint density at radius 3 is 2.71 bits per heavy atom. The molecule has 1 unspecified atom stereocenters. The molecular formula is C24H32O7. The van der Waals surface area contributed by atoms with Crippen molar-refractivity contribution in [3.05, 3.63) is 54.3 Å². The van der Waals surface area contributed by atoms with Crippen LogP contribution in [0.3, 0.4) is 0 Å². The molecular weight excluding hydrogens is 400 g/mol. The van der Waals surface area contributed by atoms with Crippen LogP contribution in [0.4, 0.5) is 0 Å². The van der Waals surface area contributed by atoms with E-state index < -0.39 is 23.8 Å². The van der Waals surface area contributed by atoms with Crippen molar-refractivity contribution < 1.29 is 34.7 Å². The van der Waals surface area contributed by atoms with E-state index in [0.29, 0.717) is 24.3 Å². The molecule has 1 aliphatic carbocycles. The lowest BCUT2D eigenvalue weighted by Gasteiger charge is -2.23. The summed E-state index contributed by atoms with van der Waals surface area (Å²) in [7, 11) is 1.57. The standard InChI is InChI=1S/C24H32O7/c1-24(29,16-31-18-9-7-8-17(14-18)30-2)13-12-20-19(21(25)15-22(20)26)10-5-3-4-6-11-23(27)28/h4-5,7-9,12-14,19-22,25-26,29H,6,10-11,15-16H2,1-2H3,(H,27,28)/t3?,19-,20-,21+,22-,24?/m1/s1. The van der Waals surface area contributed by atoms with Gasteiger partial charge in [-0.2, -0.15) is 0 Å². The summed E-state index contributed by atoms with van der Waals surface area (Å²) in [4.78, 5) is 10.5. The van der Waals surface area contributed by atoms with Crippen LogP contribution < -0.4 is 9.47 Å². The van der Waals surface area contributed by atoms with Crippen LogP contribution in [0.25, 0.3) is 0 Å². The fourth-order valence-corrected chi connectivity index (χ4v) is 3.56. The monoisotopic (exact) mass is 432 g/mol. The van der Waals surface area contributed by atoms with Gasteiger partial charge in [-0.25, -0.2) is 0 Å². The number of aliphatic hydroxyl groups excluding tert-OH is 2. The lowest BCUT2D eigenvalue weighted by molar-refractivity contribution is -0.136. The Morgan fingerprint density at radius 1 is 1.26 bits per heavy atom. The van der Waals surface area contributed by atoms with Gasteiger partial charge in [0, 0.05) is 24.8 Å². The van der Waals surface area contributed by atoms with Gasteiger partial charge in [0.05, 0.1) is 19.3 Å². The van der Waals surface area contributed by atoms with Gasteiger partial charge in [-0.05, 0) is 50.0 Å². The van der Waals surface area contributed by atoms with Crippen LogP contribution >= 0.6 is 0 Å². The molecule has 170 valence electrons. The van der Waals surface area contributed by atoms with Gasteiger partial charge in [0.1, 0.15) is 23.7 Å². The van der Waals surface area contributed by atoms with Gasteiger partial charge in [0.25, 0.3) is 0 Å². The molecule has 5 atom stereocenters. The van der Waals surface area contributed by atoms with Crippen LogP contribution in [0.15, 0.2) is 54.3 Å². The first-order valence-corrected chi connectivity index (χ1v) is 10.4. The van der Waals surface area contributed by atoms with Gasteiger partial charge in [0.2, 0.25) is 0 Å². The van der Waals surface area contributed by atoms with E-state index in [9.17, 15) is 20.1 Å². The molecule has 0 radical (unpaired) electrons. The van der Waals surface area contributed by atoms with Gasteiger partial charge in [-0.3, -0.25) is 4.79 Å². The van der Waals surface area contributed by atoms with Crippen LogP contribution in [0.5, 0.6) is 11.5 Å². The Balaban J connectivity index is 1.96. The lowest BCUT2D eigenvalue weighted by atomic mass is 9.89. The maximum Gasteiger partial charge on any atom is 0.303 e. The van der Waals surface area contributed by atoms with Crippen molar-refractivity contribution in [1.82, 2.24) is 0 Å². The van der Waals surface area contributed by atoms with Gasteiger partial charge < -0.3 is 29.9 Å². The van der Waals surface area contributed by atoms with E-state index in [1.807, 2.05) is 0 Å². The highest BCUT2D eigenvalue weighted by atomic mass is 16.5. The smallest absolute Gasteiger partial charge is 0.303 e. The number of aliphatic carboxylic acids is 1. The molecule has 1 fully saturated rings. The summed E-state index contributed by atoms with van der Waals surface area (Å²) < 4.78 is 10.8. The summed E-state index contributed by atoms with van der Waals surface area (Å²) in [5, 5.41) is 39.9. The quantitative estimate of drug-likeness (QED) is 0.314. The molecule has 2 rings (SSSR count). The SMILES string of the molecule is COc1cccc(OCC(C)(O)C=C[C@@H]2[C@@H](CC=C=CCCC(=O)O)[C@@H](O)C[C@H]2O)c1. The van der Waals surface area contributed by atoms with E-state index in [0.717, 1.165) is 0 Å². The van der Waals surface area contributed by atoms with Crippen molar-refractivity contribution in [3.63, 3.8) is 0 Å². The van der Waals surface area contributed by atoms with Crippen molar-refractivity contribution in [3.8, 4) is 11.5 Å². The van der Waals surface area contributed by atoms with Crippen molar-refractivity contribution >= 4 is 5.97 Å². The molecule has 7 nitrogen and oxygen atoms in total. The third-order valence-electron chi connectivity index (χ3n) is 5.29. The molecule has 0 amide bonds. The van der Waals surface area contributed by atoms with Crippen LogP contribution in [0.2, 0.25) is 0 Å². The molecule has 1 aromatic carbocycles. The first-order valence-electron chi connectivity index (χ1n) is 10.4. The lowest BCUT2D eigenvalue weighted by Crippen LogP contribution is -2.30. The number of carboxylic acids is 1. The second-order valence-corrected chi connectivity index (χ2v) is 8.04. The topological polar surface area (TPSA) is 116 Å². The normalized spacial score (nSPS) is 24.9. The van der Waals surface area contributed by atoms with Crippen molar-refractivity contribution in [2.45, 2.75) is 50.4 Å². The molecule has 0 bridgehead atoms. The van der Waals surface area contributed by atoms with Crippen LogP contribution in [0, 0.1) is 11.8 Å². The van der Waals surface area contributed by atoms with Gasteiger partial charge >= 0.3 is 5.97 Å². The Kier molecular flexibility index (Phi) is 9.34. The van der Waals surface area contributed by atoms with Crippen LogP contribution in [0.1, 0.15) is 32.6 Å². The summed E-state index contributed by atoms with van der Waals surface area (Å²) in [6, 6.07) is 7.09. The molecule has 0 aliphatic heterocycles. The molecule has 0 heterocycles. The van der Waals surface area contributed by atoms with E-state index in [-0.39, 0.29) is 31.3 Å². The minimum atomic E-state index is -1.27. The maximum absolute atomic E-state index is 10.7. The molecule has 7 heteroatoms. The number of allylic oxidation sites excluding steroid dienone is 1. The molecule has 0 spiro atoms. The molecule has 1 saturated carbocycles. The molecule has 0 aromatic heterocycles. The number of carbonyl (C=O) groups is 1. The third-order valence-corrected chi connectivity index (χ3v) is 5.29. The van der Waals surface area contributed by atoms with E-state index in [2.05, 4.69) is 5.73 Å². The van der Waals surface area contributed by atoms with E-state index in [1.165, 1.54) is 0 Å². The number of hydrogen-bond donors (Lipinski definition) is 4. The first-order chi connectivity index (χ1) is 14.7. The Morgan fingerprint density at radius 2 is 2.00 bits per heavy atom. The number of ether oxygens (including phenoxy) is 2. The highest BCUT2D eigenvalue weighted by Gasteiger charge is 2.39. The average Bonchev–Trinajstić information content (AvgIpc) is 3.00. The van der Waals surface area contributed by atoms with Crippen molar-refractivity contribution in [2.24, 2.45) is 11.8 Å². The van der Waals surface area contributed by atoms with Crippen molar-refractivity contribution in [1.29, 1.82) is 0 Å². The second-order valence-electron chi connectivity index (χ2n) is 8.04. The number of aliphatic hydroxyl groups is 3. The zero-order valence-electron chi connectivity index (χ0n) is 18.0. The first kappa shape index (κ1) is 24.7. The predicted octanol–water partition coefficient (Wildman–Crippen LogP) is 2.71. The summed E-state index contributed by atoms with van der Waals surface area (Å²) >= 11 is 0. The van der Waals surface area contributed by atoms with Gasteiger partial charge in [0.15, 0.2) is 0 Å². The maximum atomic E-state index is 10.7. The van der Waals surface area contributed by atoms with Gasteiger partial charge in [-0.1, -0.05) is 18.2 Å². The molecule has 31 heavy (non-hydrogen) atoms. The fourth-order valence-electron chi connectivity index (χ4n) is 3.56. The van der Waals surface area contributed by atoms with Gasteiger partial charge in [-0.15, -0.1) is 5.73 Å². The minimum absolute atomic E-state index is 0.0128. The van der Waals surface area contributed by atoms with Crippen LogP contribution in [-0.2, 0) is 4.79 Å². The van der Waals surface area contributed by atoms with E-state index in [1.54, 1.807) is 62.6 Å². The van der Waals surface area contributed by atoms with Crippen LogP contribution in [-0.4, -0.2) is 57.9 Å². The van der Waals surface area contributed by atoms with Crippen molar-refractivity contribution in [2.75, 3.05) is 13.7 Å². The largest absolute Gasteiger partial charge is 0.497 e. The molecule has 1 aromatic rings. The molecule has 1 aliphatic rings. The Bertz CT molecular complexity index is 808. The Hall–Kier alpha value is -2.57. The minimum Gasteiger partial charge on any atom is -0.497 e. The number of benzene rings is 1. The molecule has 0 saturated heterocycles. The summed E-state index contributed by atoms with van der Waals surface area (Å²) in [6.07, 6.45) is 6.54. The average molecular weight is 433 g/mol. The third kappa shape index (κ3) is 8.23. The fraction of sp³-hybridized carbons (Fsp3) is 0.500. The Labute approximate surface area is 182 Å². The number of methoxy groups -OCH3 is 1. The highest BCUT2D eigenvalue weighted by Crippen LogP contribution is 2.36. The summed E-state index contributed by atoms with van der Waals surface area (Å²) in [6.45, 7) is 1.63. The zero-order chi connectivity index (χ0) is 22.9. The highest BCUT2D eigenvalue weighted by molar-refractivity contribution is 5.66. The molecule has 4 N–H and O–H groups in total. The predicted molar refractivity (Wildman–Crippen MR) is 116 cm³/mol. The van der Waals surface area contributed by atoms with E-state index >= 15 is 0 Å². The number of carboxylic acid groups (broad SMARTS) is 1. The number of hydrogen-bond acceptors (Lipinski definition) is 6. The summed E-state index contributed by atoms with van der Waals surface area (Å²) in [5.74, 6) is -0.178.